The fourth-order valence-corrected chi connectivity index (χ4v) is 5.97. The zero-order chi connectivity index (χ0) is 29.8. The van der Waals surface area contributed by atoms with Crippen LogP contribution in [-0.2, 0) is 32.3 Å². The van der Waals surface area contributed by atoms with Crippen molar-refractivity contribution in [3.63, 3.8) is 0 Å². The summed E-state index contributed by atoms with van der Waals surface area (Å²) in [4.78, 5) is 27.5. The van der Waals surface area contributed by atoms with Crippen LogP contribution in [0.2, 0.25) is 0 Å². The van der Waals surface area contributed by atoms with Crippen LogP contribution in [0.25, 0.3) is 0 Å². The smallest absolute Gasteiger partial charge is 0.417 e. The first-order chi connectivity index (χ1) is 19.5. The highest BCUT2D eigenvalue weighted by Gasteiger charge is 2.43. The van der Waals surface area contributed by atoms with Gasteiger partial charge in [0.2, 0.25) is 10.0 Å². The molecule has 1 unspecified atom stereocenters. The summed E-state index contributed by atoms with van der Waals surface area (Å²) in [7, 11) is -3.33. The highest BCUT2D eigenvalue weighted by molar-refractivity contribution is 7.89. The largest absolute Gasteiger partial charge is 0.481 e. The second-order valence-corrected chi connectivity index (χ2v) is 10.8. The minimum Gasteiger partial charge on any atom is -0.481 e. The third-order valence-corrected chi connectivity index (χ3v) is 8.28. The molecule has 0 saturated heterocycles. The van der Waals surface area contributed by atoms with Gasteiger partial charge in [0.05, 0.1) is 29.7 Å². The Hall–Kier alpha value is -4.34. The van der Waals surface area contributed by atoms with E-state index in [0.717, 1.165) is 34.5 Å². The third-order valence-electron chi connectivity index (χ3n) is 6.41. The van der Waals surface area contributed by atoms with Gasteiger partial charge in [0.15, 0.2) is 0 Å². The average molecular weight is 587 g/mol. The number of rotatable bonds is 6. The number of carbonyl (C=O) groups excluding carboxylic acids is 2. The Labute approximate surface area is 235 Å². The van der Waals surface area contributed by atoms with Crippen LogP contribution in [-0.4, -0.2) is 50.9 Å². The number of methoxy groups -OCH3 is 1. The Morgan fingerprint density at radius 2 is 1.66 bits per heavy atom. The topological polar surface area (TPSA) is 93.2 Å². The average Bonchev–Trinajstić information content (AvgIpc) is 3.14. The Morgan fingerprint density at radius 3 is 2.32 bits per heavy atom. The lowest BCUT2D eigenvalue weighted by atomic mass is 10.0. The Kier molecular flexibility index (Phi) is 8.70. The number of hydrogen-bond acceptors (Lipinski definition) is 6. The van der Waals surface area contributed by atoms with Crippen molar-refractivity contribution in [2.24, 2.45) is 0 Å². The van der Waals surface area contributed by atoms with Gasteiger partial charge < -0.3 is 14.4 Å². The number of nitrogens with zero attached hydrogens (tertiary/aromatic N) is 2. The van der Waals surface area contributed by atoms with Crippen LogP contribution in [0.1, 0.15) is 28.4 Å². The molecule has 0 aromatic heterocycles. The summed E-state index contributed by atoms with van der Waals surface area (Å²) in [6.07, 6.45) is -4.83. The van der Waals surface area contributed by atoms with Crippen LogP contribution in [0.4, 0.5) is 18.9 Å². The van der Waals surface area contributed by atoms with Gasteiger partial charge in [-0.2, -0.15) is 17.5 Å². The van der Waals surface area contributed by atoms with E-state index in [1.807, 2.05) is 0 Å². The molecule has 3 aromatic rings. The van der Waals surface area contributed by atoms with E-state index in [2.05, 4.69) is 11.8 Å². The highest BCUT2D eigenvalue weighted by Crippen LogP contribution is 2.36. The zero-order valence-corrected chi connectivity index (χ0v) is 22.8. The van der Waals surface area contributed by atoms with Gasteiger partial charge in [0.25, 0.3) is 5.91 Å². The maximum Gasteiger partial charge on any atom is 0.417 e. The predicted molar refractivity (Wildman–Crippen MR) is 143 cm³/mol. The second-order valence-electron chi connectivity index (χ2n) is 8.86. The second kappa shape index (κ2) is 12.0. The first-order valence-corrected chi connectivity index (χ1v) is 13.7. The molecule has 1 amide bonds. The van der Waals surface area contributed by atoms with Crippen molar-refractivity contribution in [3.8, 4) is 17.6 Å². The van der Waals surface area contributed by atoms with Crippen molar-refractivity contribution in [2.75, 3.05) is 25.2 Å². The number of sulfonamides is 1. The van der Waals surface area contributed by atoms with Crippen LogP contribution in [0.5, 0.6) is 5.75 Å². The zero-order valence-electron chi connectivity index (χ0n) is 22.0. The molecule has 3 aromatic carbocycles. The number of alkyl halides is 3. The van der Waals surface area contributed by atoms with E-state index < -0.39 is 51.8 Å². The Bertz CT molecular complexity index is 1610. The lowest BCUT2D eigenvalue weighted by molar-refractivity contribution is -0.145. The molecule has 1 aliphatic rings. The monoisotopic (exact) mass is 586 g/mol. The van der Waals surface area contributed by atoms with Crippen molar-refractivity contribution >= 4 is 27.6 Å². The van der Waals surface area contributed by atoms with Gasteiger partial charge in [-0.15, -0.1) is 5.92 Å². The maximum atomic E-state index is 13.9. The molecule has 1 aliphatic heterocycles. The van der Waals surface area contributed by atoms with Crippen LogP contribution in [0.3, 0.4) is 0 Å². The van der Waals surface area contributed by atoms with Gasteiger partial charge >= 0.3 is 12.1 Å². The fraction of sp³-hybridized carbons (Fsp3) is 0.241. The number of carbonyl (C=O) groups is 2. The first-order valence-electron chi connectivity index (χ1n) is 12.3. The number of halogens is 3. The molecule has 0 bridgehead atoms. The number of amides is 1. The normalized spacial score (nSPS) is 15.6. The van der Waals surface area contributed by atoms with Gasteiger partial charge in [-0.25, -0.2) is 8.42 Å². The Morgan fingerprint density at radius 1 is 1.00 bits per heavy atom. The quantitative estimate of drug-likeness (QED) is 0.312. The molecular formula is C29H25F3N2O6S. The van der Waals surface area contributed by atoms with Crippen LogP contribution < -0.4 is 9.64 Å². The van der Waals surface area contributed by atoms with Crippen molar-refractivity contribution in [1.82, 2.24) is 4.31 Å². The lowest BCUT2D eigenvalue weighted by Crippen LogP contribution is -2.50. The highest BCUT2D eigenvalue weighted by atomic mass is 32.2. The van der Waals surface area contributed by atoms with Crippen molar-refractivity contribution in [3.05, 3.63) is 89.5 Å². The molecule has 12 heteroatoms. The van der Waals surface area contributed by atoms with E-state index in [1.54, 1.807) is 25.1 Å². The minimum absolute atomic E-state index is 0.108. The summed E-state index contributed by atoms with van der Waals surface area (Å²) in [5.74, 6) is 3.75. The molecule has 0 spiro atoms. The summed E-state index contributed by atoms with van der Waals surface area (Å²) in [5, 5.41) is 0. The van der Waals surface area contributed by atoms with Crippen molar-refractivity contribution in [1.29, 1.82) is 0 Å². The summed E-state index contributed by atoms with van der Waals surface area (Å²) < 4.78 is 80.4. The van der Waals surface area contributed by atoms with Gasteiger partial charge in [-0.3, -0.25) is 9.59 Å². The maximum absolute atomic E-state index is 13.9. The number of para-hydroxylation sites is 1. The molecule has 0 saturated carbocycles. The van der Waals surface area contributed by atoms with E-state index in [1.165, 1.54) is 36.4 Å². The number of ether oxygens (including phenoxy) is 2. The summed E-state index contributed by atoms with van der Waals surface area (Å²) in [6.45, 7) is 0.815. The molecule has 0 fully saturated rings. The van der Waals surface area contributed by atoms with Crippen LogP contribution in [0.15, 0.2) is 77.7 Å². The third kappa shape index (κ3) is 6.21. The molecule has 0 radical (unpaired) electrons. The number of fused-ring (bicyclic) bond motifs is 1. The van der Waals surface area contributed by atoms with Gasteiger partial charge in [0, 0.05) is 12.2 Å². The molecule has 4 rings (SSSR count). The molecule has 41 heavy (non-hydrogen) atoms. The van der Waals surface area contributed by atoms with Crippen molar-refractivity contribution < 1.29 is 40.7 Å². The van der Waals surface area contributed by atoms with Gasteiger partial charge in [-0.1, -0.05) is 36.3 Å². The summed E-state index contributed by atoms with van der Waals surface area (Å²) >= 11 is 0. The summed E-state index contributed by atoms with van der Waals surface area (Å²) in [5.41, 5.74) is -1.32. The van der Waals surface area contributed by atoms with E-state index in [4.69, 9.17) is 9.47 Å². The molecular weight excluding hydrogens is 561 g/mol. The van der Waals surface area contributed by atoms with E-state index in [-0.39, 0.29) is 23.7 Å². The van der Waals surface area contributed by atoms with Gasteiger partial charge in [-0.05, 0) is 55.0 Å². The van der Waals surface area contributed by atoms with Crippen LogP contribution in [0, 0.1) is 11.8 Å². The molecule has 0 aliphatic carbocycles. The standard InChI is InChI=1S/C29H25F3N2O6S/c1-3-4-17-40-21-13-15-22(16-14-21)41(37,38)34-18-20-9-5-8-12-25(20)33(19-26(34)28(36)39-2)27(35)23-10-6-7-11-24(23)29(30,31)32/h5-16,26H,17-19H2,1-2H3. The SMILES string of the molecule is CC#CCOc1ccc(S(=O)(=O)N2Cc3ccccc3N(C(=O)c3ccccc3C(F)(F)F)CC2C(=O)OC)cc1. The van der Waals surface area contributed by atoms with E-state index >= 15 is 0 Å². The van der Waals surface area contributed by atoms with E-state index in [0.29, 0.717) is 11.3 Å². The van der Waals surface area contributed by atoms with Gasteiger partial charge in [0.1, 0.15) is 18.4 Å². The molecule has 1 heterocycles. The minimum atomic E-state index is -4.83. The number of benzene rings is 3. The number of anilines is 1. The van der Waals surface area contributed by atoms with E-state index in [9.17, 15) is 31.2 Å². The molecule has 8 nitrogen and oxygen atoms in total. The predicted octanol–water partition coefficient (Wildman–Crippen LogP) is 4.50. The number of hydrogen-bond donors (Lipinski definition) is 0. The molecule has 1 atom stereocenters. The Balaban J connectivity index is 1.79. The summed E-state index contributed by atoms with van der Waals surface area (Å²) in [6, 6.07) is 14.4. The van der Waals surface area contributed by atoms with Crippen molar-refractivity contribution in [2.45, 2.75) is 30.6 Å². The lowest BCUT2D eigenvalue weighted by Gasteiger charge is -2.29. The first kappa shape index (κ1) is 29.6. The molecule has 0 N–H and O–H groups in total. The number of esters is 1. The fourth-order valence-electron chi connectivity index (χ4n) is 4.42. The van der Waals surface area contributed by atoms with Crippen LogP contribution >= 0.6 is 0 Å². The molecule has 214 valence electrons.